The number of nitro benzene ring substituents is 1. The molecule has 0 bridgehead atoms. The molecule has 1 aliphatic rings. The van der Waals surface area contributed by atoms with Crippen molar-refractivity contribution >= 4 is 17.6 Å². The van der Waals surface area contributed by atoms with Crippen LogP contribution < -0.4 is 4.74 Å². The molecule has 20 heavy (non-hydrogen) atoms. The van der Waals surface area contributed by atoms with E-state index in [0.717, 1.165) is 6.07 Å². The molecule has 1 heterocycles. The van der Waals surface area contributed by atoms with E-state index in [1.165, 1.54) is 17.0 Å². The van der Waals surface area contributed by atoms with Crippen LogP contribution in [-0.4, -0.2) is 46.5 Å². The summed E-state index contributed by atoms with van der Waals surface area (Å²) in [5.41, 5.74) is -0.797. The molecule has 0 aromatic heterocycles. The zero-order chi connectivity index (χ0) is 14.9. The van der Waals surface area contributed by atoms with Crippen LogP contribution in [0.25, 0.3) is 0 Å². The number of para-hydroxylation sites is 1. The number of rotatable bonds is 4. The highest BCUT2D eigenvalue weighted by Crippen LogP contribution is 2.33. The second-order valence-electron chi connectivity index (χ2n) is 4.37. The molecule has 8 heteroatoms. The Bertz CT molecular complexity index is 553. The van der Waals surface area contributed by atoms with Gasteiger partial charge in [-0.2, -0.15) is 0 Å². The van der Waals surface area contributed by atoms with Crippen molar-refractivity contribution in [2.75, 3.05) is 13.6 Å². The molecule has 1 N–H and O–H groups in total. The molecular weight excluding hydrogens is 268 g/mol. The molecule has 1 fully saturated rings. The van der Waals surface area contributed by atoms with E-state index in [2.05, 4.69) is 0 Å². The summed E-state index contributed by atoms with van der Waals surface area (Å²) in [5, 5.41) is 20.0. The van der Waals surface area contributed by atoms with Crippen LogP contribution in [0.3, 0.4) is 0 Å². The Hall–Kier alpha value is -2.64. The molecule has 1 aromatic rings. The summed E-state index contributed by atoms with van der Waals surface area (Å²) in [4.78, 5) is 34.5. The Morgan fingerprint density at radius 1 is 1.55 bits per heavy atom. The van der Waals surface area contributed by atoms with Crippen molar-refractivity contribution in [1.29, 1.82) is 0 Å². The van der Waals surface area contributed by atoms with Gasteiger partial charge in [0.2, 0.25) is 5.75 Å². The molecule has 1 aliphatic heterocycles. The van der Waals surface area contributed by atoms with Gasteiger partial charge in [0, 0.05) is 26.1 Å². The monoisotopic (exact) mass is 280 g/mol. The summed E-state index contributed by atoms with van der Waals surface area (Å²) < 4.78 is 5.33. The van der Waals surface area contributed by atoms with Crippen LogP contribution in [0.4, 0.5) is 5.69 Å². The fourth-order valence-corrected chi connectivity index (χ4v) is 2.00. The lowest BCUT2D eigenvalue weighted by Gasteiger charge is -2.14. The van der Waals surface area contributed by atoms with Gasteiger partial charge in [-0.15, -0.1) is 0 Å². The van der Waals surface area contributed by atoms with Crippen molar-refractivity contribution in [3.63, 3.8) is 0 Å². The predicted molar refractivity (Wildman–Crippen MR) is 66.7 cm³/mol. The minimum absolute atomic E-state index is 0.320. The average Bonchev–Trinajstić information content (AvgIpc) is 2.70. The van der Waals surface area contributed by atoms with Crippen molar-refractivity contribution < 1.29 is 24.4 Å². The quantitative estimate of drug-likeness (QED) is 0.648. The minimum atomic E-state index is -1.34. The van der Waals surface area contributed by atoms with Crippen LogP contribution in [0.15, 0.2) is 18.2 Å². The van der Waals surface area contributed by atoms with Gasteiger partial charge in [0.15, 0.2) is 6.10 Å². The third-order valence-corrected chi connectivity index (χ3v) is 3.06. The predicted octanol–water partition coefficient (Wildman–Crippen LogP) is 0.903. The highest BCUT2D eigenvalue weighted by atomic mass is 16.6. The maximum absolute atomic E-state index is 11.8. The van der Waals surface area contributed by atoms with Gasteiger partial charge in [0.25, 0.3) is 5.91 Å². The number of amides is 1. The van der Waals surface area contributed by atoms with Gasteiger partial charge < -0.3 is 14.7 Å². The number of nitrogens with zero attached hydrogens (tertiary/aromatic N) is 2. The number of carboxylic acid groups (broad SMARTS) is 1. The normalized spacial score (nSPS) is 18.1. The largest absolute Gasteiger partial charge is 0.478 e. The van der Waals surface area contributed by atoms with Gasteiger partial charge in [-0.1, -0.05) is 6.07 Å². The highest BCUT2D eigenvalue weighted by molar-refractivity contribution is 5.93. The van der Waals surface area contributed by atoms with Gasteiger partial charge in [-0.25, -0.2) is 4.79 Å². The molecule has 1 atom stereocenters. The number of likely N-dealkylation sites (N-methyl/N-ethyl adjacent to an activating group) is 1. The summed E-state index contributed by atoms with van der Waals surface area (Å²) in [6.45, 7) is 0.465. The number of benzene rings is 1. The van der Waals surface area contributed by atoms with E-state index < -0.39 is 22.7 Å². The minimum Gasteiger partial charge on any atom is -0.478 e. The second-order valence-corrected chi connectivity index (χ2v) is 4.37. The number of ether oxygens (including phenoxy) is 1. The lowest BCUT2D eigenvalue weighted by atomic mass is 10.1. The summed E-state index contributed by atoms with van der Waals surface area (Å²) in [6, 6.07) is 3.61. The van der Waals surface area contributed by atoms with Crippen LogP contribution in [0, 0.1) is 10.1 Å². The summed E-state index contributed by atoms with van der Waals surface area (Å²) in [5.74, 6) is -2.04. The van der Waals surface area contributed by atoms with Crippen LogP contribution >= 0.6 is 0 Å². The van der Waals surface area contributed by atoms with Crippen LogP contribution in [0.5, 0.6) is 5.75 Å². The number of carboxylic acids is 1. The Kier molecular flexibility index (Phi) is 3.55. The molecule has 1 saturated heterocycles. The molecule has 1 aromatic carbocycles. The lowest BCUT2D eigenvalue weighted by molar-refractivity contribution is -0.386. The first-order valence-corrected chi connectivity index (χ1v) is 5.84. The zero-order valence-electron chi connectivity index (χ0n) is 10.6. The number of hydrogen-bond donors (Lipinski definition) is 1. The second kappa shape index (κ2) is 5.16. The Morgan fingerprint density at radius 3 is 2.75 bits per heavy atom. The van der Waals surface area contributed by atoms with E-state index in [-0.39, 0.29) is 17.2 Å². The van der Waals surface area contributed by atoms with Crippen LogP contribution in [0.2, 0.25) is 0 Å². The molecule has 0 saturated carbocycles. The van der Waals surface area contributed by atoms with Crippen molar-refractivity contribution in [2.45, 2.75) is 12.5 Å². The maximum atomic E-state index is 11.8. The SMILES string of the molecule is CN1CCC(Oc2c(C(=O)O)cccc2[N+](=O)[O-])C1=O. The maximum Gasteiger partial charge on any atom is 0.339 e. The van der Waals surface area contributed by atoms with Gasteiger partial charge in [0.05, 0.1) is 4.92 Å². The summed E-state index contributed by atoms with van der Waals surface area (Å²) >= 11 is 0. The van der Waals surface area contributed by atoms with Crippen molar-refractivity contribution in [1.82, 2.24) is 4.90 Å². The fourth-order valence-electron chi connectivity index (χ4n) is 2.00. The van der Waals surface area contributed by atoms with Crippen LogP contribution in [0.1, 0.15) is 16.8 Å². The molecule has 106 valence electrons. The van der Waals surface area contributed by atoms with E-state index in [9.17, 15) is 19.7 Å². The first-order valence-electron chi connectivity index (χ1n) is 5.84. The Labute approximate surface area is 113 Å². The van der Waals surface area contributed by atoms with Crippen LogP contribution in [-0.2, 0) is 4.79 Å². The smallest absolute Gasteiger partial charge is 0.339 e. The number of likely N-dealkylation sites (tertiary alicyclic amines) is 1. The van der Waals surface area contributed by atoms with E-state index in [0.29, 0.717) is 13.0 Å². The topological polar surface area (TPSA) is 110 Å². The van der Waals surface area contributed by atoms with Gasteiger partial charge in [0.1, 0.15) is 5.56 Å². The number of carbonyl (C=O) groups is 2. The average molecular weight is 280 g/mol. The molecule has 0 radical (unpaired) electrons. The molecule has 2 rings (SSSR count). The van der Waals surface area contributed by atoms with Crippen molar-refractivity contribution in [3.05, 3.63) is 33.9 Å². The number of carbonyl (C=O) groups excluding carboxylic acids is 1. The number of aromatic carboxylic acids is 1. The van der Waals surface area contributed by atoms with Crippen molar-refractivity contribution in [3.8, 4) is 5.75 Å². The molecule has 0 spiro atoms. The fraction of sp³-hybridized carbons (Fsp3) is 0.333. The van der Waals surface area contributed by atoms with E-state index in [1.807, 2.05) is 0 Å². The van der Waals surface area contributed by atoms with Gasteiger partial charge >= 0.3 is 11.7 Å². The third kappa shape index (κ3) is 2.40. The lowest BCUT2D eigenvalue weighted by Crippen LogP contribution is -2.30. The Balaban J connectivity index is 2.41. The zero-order valence-corrected chi connectivity index (χ0v) is 10.6. The molecule has 1 amide bonds. The third-order valence-electron chi connectivity index (χ3n) is 3.06. The highest BCUT2D eigenvalue weighted by Gasteiger charge is 2.34. The number of nitro groups is 1. The first kappa shape index (κ1) is 13.8. The molecule has 1 unspecified atom stereocenters. The number of hydrogen-bond acceptors (Lipinski definition) is 5. The molecular formula is C12H12N2O6. The summed E-state index contributed by atoms with van der Waals surface area (Å²) in [6.07, 6.45) is -0.528. The first-order chi connectivity index (χ1) is 9.41. The van der Waals surface area contributed by atoms with Gasteiger partial charge in [-0.3, -0.25) is 14.9 Å². The Morgan fingerprint density at radius 2 is 2.25 bits per heavy atom. The van der Waals surface area contributed by atoms with E-state index in [4.69, 9.17) is 9.84 Å². The summed E-state index contributed by atoms with van der Waals surface area (Å²) in [7, 11) is 1.59. The molecule has 8 nitrogen and oxygen atoms in total. The van der Waals surface area contributed by atoms with E-state index in [1.54, 1.807) is 7.05 Å². The van der Waals surface area contributed by atoms with Crippen molar-refractivity contribution in [2.24, 2.45) is 0 Å². The van der Waals surface area contributed by atoms with E-state index >= 15 is 0 Å². The molecule has 0 aliphatic carbocycles. The van der Waals surface area contributed by atoms with Gasteiger partial charge in [-0.05, 0) is 6.07 Å². The standard InChI is InChI=1S/C12H12N2O6/c1-13-6-5-9(11(13)15)20-10-7(12(16)17)3-2-4-8(10)14(18)19/h2-4,9H,5-6H2,1H3,(H,16,17).